The highest BCUT2D eigenvalue weighted by Crippen LogP contribution is 2.46. The van der Waals surface area contributed by atoms with Gasteiger partial charge < -0.3 is 49.0 Å². The van der Waals surface area contributed by atoms with Crippen LogP contribution in [0.2, 0.25) is 0 Å². The van der Waals surface area contributed by atoms with Crippen LogP contribution < -0.4 is 23.7 Å². The molecule has 12 nitrogen and oxygen atoms in total. The van der Waals surface area contributed by atoms with E-state index in [0.717, 1.165) is 6.07 Å². The standard InChI is InChI=1S/C28H27NO11/c1-29(2)28(35)37-15-10-17(32)23-21(11-15)40-27(25(34)24(23)33)14-5-7-18-20(9-14)39-26(22(12-30)38-18)13-4-6-16(31)19(8-13)36-3/h4-11,22,25-27,30-32,34H,12H2,1-3H3/t22?,25-,26?,27+/m0/s1. The number of nitrogens with zero attached hydrogens (tertiary/aromatic N) is 1. The molecule has 4 N–H and O–H groups in total. The Balaban J connectivity index is 1.47. The first-order valence-electron chi connectivity index (χ1n) is 12.2. The van der Waals surface area contributed by atoms with Gasteiger partial charge in [0.15, 0.2) is 47.4 Å². The topological polar surface area (TPSA) is 164 Å². The molecule has 0 spiro atoms. The molecule has 3 aromatic carbocycles. The van der Waals surface area contributed by atoms with Crippen molar-refractivity contribution in [3.63, 3.8) is 0 Å². The molecule has 0 radical (unpaired) electrons. The molecule has 12 heteroatoms. The molecule has 3 aromatic rings. The summed E-state index contributed by atoms with van der Waals surface area (Å²) in [7, 11) is 4.38. The third-order valence-corrected chi connectivity index (χ3v) is 6.56. The van der Waals surface area contributed by atoms with Gasteiger partial charge >= 0.3 is 6.09 Å². The van der Waals surface area contributed by atoms with Crippen molar-refractivity contribution in [3.8, 4) is 40.2 Å². The highest BCUT2D eigenvalue weighted by molar-refractivity contribution is 6.05. The molecule has 0 fully saturated rings. The maximum Gasteiger partial charge on any atom is 0.414 e. The Morgan fingerprint density at radius 2 is 1.60 bits per heavy atom. The molecule has 40 heavy (non-hydrogen) atoms. The largest absolute Gasteiger partial charge is 0.507 e. The summed E-state index contributed by atoms with van der Waals surface area (Å²) in [5.41, 5.74) is 0.685. The second kappa shape index (κ2) is 10.5. The SMILES string of the molecule is COc1cc(C2Oc3cc([C@H]4Oc5cc(OC(=O)N(C)C)cc(O)c5C(=O)[C@@H]4O)ccc3OC2CO)ccc1O. The Bertz CT molecular complexity index is 1470. The fraction of sp³-hybridized carbons (Fsp3) is 0.286. The fourth-order valence-electron chi connectivity index (χ4n) is 4.52. The average molecular weight is 554 g/mol. The van der Waals surface area contributed by atoms with Crippen molar-refractivity contribution >= 4 is 11.9 Å². The fourth-order valence-corrected chi connectivity index (χ4v) is 4.52. The van der Waals surface area contributed by atoms with E-state index >= 15 is 0 Å². The first-order chi connectivity index (χ1) is 19.1. The lowest BCUT2D eigenvalue weighted by atomic mass is 9.92. The van der Waals surface area contributed by atoms with Crippen LogP contribution >= 0.6 is 0 Å². The van der Waals surface area contributed by atoms with E-state index in [1.807, 2.05) is 0 Å². The third-order valence-electron chi connectivity index (χ3n) is 6.56. The number of carbonyl (C=O) groups is 2. The predicted molar refractivity (Wildman–Crippen MR) is 137 cm³/mol. The number of hydrogen-bond donors (Lipinski definition) is 4. The Hall–Kier alpha value is -4.68. The van der Waals surface area contributed by atoms with Gasteiger partial charge in [-0.05, 0) is 29.8 Å². The van der Waals surface area contributed by atoms with Crippen molar-refractivity contribution in [3.05, 3.63) is 65.2 Å². The highest BCUT2D eigenvalue weighted by atomic mass is 16.6. The van der Waals surface area contributed by atoms with E-state index in [1.54, 1.807) is 24.3 Å². The quantitative estimate of drug-likeness (QED) is 0.367. The zero-order chi connectivity index (χ0) is 28.7. The first kappa shape index (κ1) is 26.9. The Labute approximate surface area is 228 Å². The number of aromatic hydroxyl groups is 2. The van der Waals surface area contributed by atoms with Gasteiger partial charge in [0.25, 0.3) is 0 Å². The zero-order valence-corrected chi connectivity index (χ0v) is 21.7. The van der Waals surface area contributed by atoms with E-state index in [0.29, 0.717) is 16.9 Å². The van der Waals surface area contributed by atoms with Gasteiger partial charge in [-0.1, -0.05) is 12.1 Å². The van der Waals surface area contributed by atoms with Crippen LogP contribution in [0.4, 0.5) is 4.79 Å². The van der Waals surface area contributed by atoms with Crippen LogP contribution in [-0.4, -0.2) is 77.2 Å². The monoisotopic (exact) mass is 553 g/mol. The molecule has 5 rings (SSSR count). The van der Waals surface area contributed by atoms with Crippen LogP contribution in [0.5, 0.6) is 40.2 Å². The molecule has 0 bridgehead atoms. The van der Waals surface area contributed by atoms with Crippen LogP contribution in [0.1, 0.15) is 33.7 Å². The minimum Gasteiger partial charge on any atom is -0.507 e. The van der Waals surface area contributed by atoms with Crippen molar-refractivity contribution < 1.29 is 53.7 Å². The molecule has 0 aromatic heterocycles. The molecule has 210 valence electrons. The number of ketones is 1. The number of aliphatic hydroxyl groups excluding tert-OH is 2. The van der Waals surface area contributed by atoms with Gasteiger partial charge in [0.2, 0.25) is 5.78 Å². The van der Waals surface area contributed by atoms with Gasteiger partial charge in [-0.15, -0.1) is 0 Å². The molecule has 0 saturated carbocycles. The number of rotatable bonds is 5. The van der Waals surface area contributed by atoms with E-state index < -0.39 is 42.0 Å². The number of phenols is 2. The van der Waals surface area contributed by atoms with Crippen LogP contribution in [0.3, 0.4) is 0 Å². The summed E-state index contributed by atoms with van der Waals surface area (Å²) in [5, 5.41) is 41.2. The summed E-state index contributed by atoms with van der Waals surface area (Å²) in [6, 6.07) is 11.7. The van der Waals surface area contributed by atoms with Crippen molar-refractivity contribution in [2.75, 3.05) is 27.8 Å². The number of fused-ring (bicyclic) bond motifs is 2. The van der Waals surface area contributed by atoms with Crippen LogP contribution in [-0.2, 0) is 0 Å². The minimum atomic E-state index is -1.67. The molecule has 2 heterocycles. The zero-order valence-electron chi connectivity index (χ0n) is 21.7. The van der Waals surface area contributed by atoms with Gasteiger partial charge in [-0.2, -0.15) is 0 Å². The summed E-state index contributed by atoms with van der Waals surface area (Å²) >= 11 is 0. The third kappa shape index (κ3) is 4.78. The second-order valence-corrected chi connectivity index (χ2v) is 9.44. The van der Waals surface area contributed by atoms with Gasteiger partial charge in [0.05, 0.1) is 13.7 Å². The Kier molecular flexibility index (Phi) is 7.04. The molecule has 2 unspecified atom stereocenters. The summed E-state index contributed by atoms with van der Waals surface area (Å²) in [5.74, 6) is -0.697. The number of Topliss-reactive ketones (excluding diaryl/α,β-unsaturated/α-hetero) is 1. The maximum absolute atomic E-state index is 13.0. The molecule has 2 aliphatic rings. The summed E-state index contributed by atoms with van der Waals surface area (Å²) in [4.78, 5) is 26.2. The molecule has 2 aliphatic heterocycles. The molecule has 0 saturated heterocycles. The number of benzene rings is 3. The second-order valence-electron chi connectivity index (χ2n) is 9.44. The van der Waals surface area contributed by atoms with Crippen LogP contribution in [0.15, 0.2) is 48.5 Å². The lowest BCUT2D eigenvalue weighted by Crippen LogP contribution is -2.37. The van der Waals surface area contributed by atoms with Crippen molar-refractivity contribution in [1.82, 2.24) is 4.90 Å². The summed E-state index contributed by atoms with van der Waals surface area (Å²) in [6.45, 7) is -0.366. The Morgan fingerprint density at radius 3 is 2.30 bits per heavy atom. The van der Waals surface area contributed by atoms with Gasteiger partial charge in [0.1, 0.15) is 22.8 Å². The maximum atomic E-state index is 13.0. The van der Waals surface area contributed by atoms with Crippen molar-refractivity contribution in [2.45, 2.75) is 24.4 Å². The number of phenolic OH excluding ortho intramolecular Hbond substituents is 2. The highest BCUT2D eigenvalue weighted by Gasteiger charge is 2.41. The van der Waals surface area contributed by atoms with Crippen molar-refractivity contribution in [2.24, 2.45) is 0 Å². The number of amides is 1. The number of methoxy groups -OCH3 is 1. The number of ether oxygens (including phenoxy) is 5. The van der Waals surface area contributed by atoms with E-state index in [2.05, 4.69) is 0 Å². The number of aliphatic hydroxyl groups is 2. The number of hydrogen-bond acceptors (Lipinski definition) is 11. The lowest BCUT2D eigenvalue weighted by Gasteiger charge is -2.35. The lowest BCUT2D eigenvalue weighted by molar-refractivity contribution is -0.0130. The van der Waals surface area contributed by atoms with E-state index in [9.17, 15) is 30.0 Å². The van der Waals surface area contributed by atoms with Crippen LogP contribution in [0.25, 0.3) is 0 Å². The van der Waals surface area contributed by atoms with E-state index in [4.69, 9.17) is 23.7 Å². The van der Waals surface area contributed by atoms with E-state index in [1.165, 1.54) is 44.3 Å². The molecule has 4 atom stereocenters. The average Bonchev–Trinajstić information content (AvgIpc) is 2.93. The predicted octanol–water partition coefficient (Wildman–Crippen LogP) is 2.72. The van der Waals surface area contributed by atoms with Gasteiger partial charge in [-0.25, -0.2) is 4.79 Å². The van der Waals surface area contributed by atoms with Gasteiger partial charge in [0, 0.05) is 31.8 Å². The van der Waals surface area contributed by atoms with E-state index in [-0.39, 0.29) is 40.9 Å². The van der Waals surface area contributed by atoms with Crippen LogP contribution in [0, 0.1) is 0 Å². The molecular formula is C28H27NO11. The normalized spacial score (nSPS) is 21.2. The number of carbonyl (C=O) groups excluding carboxylic acids is 2. The summed E-state index contributed by atoms with van der Waals surface area (Å²) < 4.78 is 28.4. The molecular weight excluding hydrogens is 526 g/mol. The summed E-state index contributed by atoms with van der Waals surface area (Å²) in [6.07, 6.45) is -5.13. The molecule has 0 aliphatic carbocycles. The smallest absolute Gasteiger partial charge is 0.414 e. The van der Waals surface area contributed by atoms with Crippen molar-refractivity contribution in [1.29, 1.82) is 0 Å². The molecule has 1 amide bonds. The Morgan fingerprint density at radius 1 is 0.900 bits per heavy atom. The first-order valence-corrected chi connectivity index (χ1v) is 12.2. The van der Waals surface area contributed by atoms with Gasteiger partial charge in [-0.3, -0.25) is 4.79 Å². The minimum absolute atomic E-state index is 0.0534.